The van der Waals surface area contributed by atoms with Crippen molar-refractivity contribution in [3.8, 4) is 5.75 Å². The Morgan fingerprint density at radius 3 is 2.54 bits per heavy atom. The molecule has 2 aromatic rings. The van der Waals surface area contributed by atoms with Gasteiger partial charge in [-0.1, -0.05) is 0 Å². The molecule has 0 radical (unpaired) electrons. The van der Waals surface area contributed by atoms with Gasteiger partial charge in [-0.15, -0.1) is 0 Å². The van der Waals surface area contributed by atoms with E-state index in [0.717, 1.165) is 0 Å². The Balaban J connectivity index is 1.73. The minimum Gasteiger partial charge on any atom is -0.484 e. The molecule has 0 atom stereocenters. The molecular weight excluding hydrogens is 364 g/mol. The van der Waals surface area contributed by atoms with Crippen molar-refractivity contribution in [3.63, 3.8) is 0 Å². The maximum atomic E-state index is 11.6. The molecule has 1 heterocycles. The van der Waals surface area contributed by atoms with E-state index in [-0.39, 0.29) is 25.1 Å². The number of hydrogen-bond donors (Lipinski definition) is 3. The van der Waals surface area contributed by atoms with Crippen LogP contribution in [0.1, 0.15) is 25.2 Å². The number of hydrazone groups is 1. The van der Waals surface area contributed by atoms with E-state index in [1.807, 2.05) is 13.8 Å². The third-order valence-corrected chi connectivity index (χ3v) is 3.29. The summed E-state index contributed by atoms with van der Waals surface area (Å²) in [5, 5.41) is 8.86. The molecule has 0 unspecified atom stereocenters. The average molecular weight is 386 g/mol. The standard InChI is InChI=1S/C19H22N4O5/c1-13(2)22-17(24)12-28-15-7-5-14(6-8-15)10-21-23-19(26)18(25)20-11-16-4-3-9-27-16/h3-10,13H,11-12H2,1-2H3,(H,20,25)(H,22,24)(H,23,26)/b21-10-. The topological polar surface area (TPSA) is 122 Å². The fraction of sp³-hybridized carbons (Fsp3) is 0.263. The number of nitrogens with one attached hydrogen (secondary N) is 3. The minimum atomic E-state index is -0.890. The molecule has 2 rings (SSSR count). The number of rotatable bonds is 8. The van der Waals surface area contributed by atoms with Gasteiger partial charge in [0.2, 0.25) is 0 Å². The molecule has 9 heteroatoms. The van der Waals surface area contributed by atoms with Crippen LogP contribution in [0.3, 0.4) is 0 Å². The first-order valence-electron chi connectivity index (χ1n) is 8.60. The van der Waals surface area contributed by atoms with Crippen molar-refractivity contribution in [1.82, 2.24) is 16.1 Å². The van der Waals surface area contributed by atoms with E-state index >= 15 is 0 Å². The van der Waals surface area contributed by atoms with Crippen LogP contribution in [0.5, 0.6) is 5.75 Å². The largest absolute Gasteiger partial charge is 0.484 e. The zero-order valence-electron chi connectivity index (χ0n) is 15.6. The number of amides is 3. The van der Waals surface area contributed by atoms with Crippen molar-refractivity contribution < 1.29 is 23.5 Å². The predicted molar refractivity (Wildman–Crippen MR) is 102 cm³/mol. The number of carbonyl (C=O) groups excluding carboxylic acids is 3. The lowest BCUT2D eigenvalue weighted by Gasteiger charge is -2.09. The van der Waals surface area contributed by atoms with Crippen LogP contribution in [-0.2, 0) is 20.9 Å². The number of nitrogens with zero attached hydrogens (tertiary/aromatic N) is 1. The smallest absolute Gasteiger partial charge is 0.329 e. The summed E-state index contributed by atoms with van der Waals surface area (Å²) in [5.41, 5.74) is 2.81. The van der Waals surface area contributed by atoms with Gasteiger partial charge in [0, 0.05) is 6.04 Å². The van der Waals surface area contributed by atoms with Gasteiger partial charge in [-0.05, 0) is 55.8 Å². The molecule has 3 N–H and O–H groups in total. The zero-order chi connectivity index (χ0) is 20.4. The molecule has 0 fully saturated rings. The van der Waals surface area contributed by atoms with Crippen molar-refractivity contribution in [3.05, 3.63) is 54.0 Å². The van der Waals surface area contributed by atoms with E-state index in [4.69, 9.17) is 9.15 Å². The van der Waals surface area contributed by atoms with Crippen LogP contribution in [-0.4, -0.2) is 36.6 Å². The van der Waals surface area contributed by atoms with Gasteiger partial charge in [0.15, 0.2) is 6.61 Å². The molecule has 0 saturated heterocycles. The third-order valence-electron chi connectivity index (χ3n) is 3.29. The van der Waals surface area contributed by atoms with Gasteiger partial charge >= 0.3 is 11.8 Å². The normalized spacial score (nSPS) is 10.7. The van der Waals surface area contributed by atoms with Gasteiger partial charge < -0.3 is 19.8 Å². The van der Waals surface area contributed by atoms with E-state index in [9.17, 15) is 14.4 Å². The molecule has 1 aromatic carbocycles. The first kappa shape index (κ1) is 20.7. The second kappa shape index (κ2) is 10.5. The molecule has 0 aliphatic heterocycles. The van der Waals surface area contributed by atoms with Gasteiger partial charge in [0.05, 0.1) is 19.0 Å². The van der Waals surface area contributed by atoms with Crippen molar-refractivity contribution >= 4 is 23.9 Å². The van der Waals surface area contributed by atoms with Crippen molar-refractivity contribution in [2.45, 2.75) is 26.4 Å². The molecule has 1 aromatic heterocycles. The van der Waals surface area contributed by atoms with E-state index < -0.39 is 11.8 Å². The lowest BCUT2D eigenvalue weighted by molar-refractivity contribution is -0.139. The Hall–Kier alpha value is -3.62. The van der Waals surface area contributed by atoms with Crippen LogP contribution in [0.2, 0.25) is 0 Å². The molecule has 0 saturated carbocycles. The summed E-state index contributed by atoms with van der Waals surface area (Å²) in [6, 6.07) is 10.1. The van der Waals surface area contributed by atoms with Crippen molar-refractivity contribution in [2.75, 3.05) is 6.61 Å². The van der Waals surface area contributed by atoms with Crippen LogP contribution in [0.4, 0.5) is 0 Å². The first-order chi connectivity index (χ1) is 13.4. The molecule has 0 aliphatic carbocycles. The second-order valence-electron chi connectivity index (χ2n) is 6.04. The van der Waals surface area contributed by atoms with Crippen LogP contribution < -0.4 is 20.8 Å². The Morgan fingerprint density at radius 2 is 1.89 bits per heavy atom. The third kappa shape index (κ3) is 7.32. The summed E-state index contributed by atoms with van der Waals surface area (Å²) in [5.74, 6) is -0.851. The summed E-state index contributed by atoms with van der Waals surface area (Å²) in [7, 11) is 0. The van der Waals surface area contributed by atoms with Gasteiger partial charge in [-0.3, -0.25) is 14.4 Å². The van der Waals surface area contributed by atoms with Crippen LogP contribution in [0.15, 0.2) is 52.2 Å². The zero-order valence-corrected chi connectivity index (χ0v) is 15.6. The van der Waals surface area contributed by atoms with Crippen LogP contribution in [0.25, 0.3) is 0 Å². The summed E-state index contributed by atoms with van der Waals surface area (Å²) < 4.78 is 10.4. The molecule has 0 spiro atoms. The fourth-order valence-electron chi connectivity index (χ4n) is 2.04. The highest BCUT2D eigenvalue weighted by molar-refractivity contribution is 6.35. The van der Waals surface area contributed by atoms with Gasteiger partial charge in [-0.2, -0.15) is 5.10 Å². The Bertz CT molecular complexity index is 813. The molecule has 0 aliphatic rings. The van der Waals surface area contributed by atoms with E-state index in [1.165, 1.54) is 12.5 Å². The maximum absolute atomic E-state index is 11.6. The predicted octanol–water partition coefficient (Wildman–Crippen LogP) is 0.949. The van der Waals surface area contributed by atoms with Crippen LogP contribution in [0, 0.1) is 0 Å². The van der Waals surface area contributed by atoms with Crippen LogP contribution >= 0.6 is 0 Å². The minimum absolute atomic E-state index is 0.0529. The molecule has 3 amide bonds. The van der Waals surface area contributed by atoms with E-state index in [0.29, 0.717) is 17.1 Å². The van der Waals surface area contributed by atoms with Crippen molar-refractivity contribution in [2.24, 2.45) is 5.10 Å². The lowest BCUT2D eigenvalue weighted by atomic mass is 10.2. The Labute approximate surface area is 162 Å². The van der Waals surface area contributed by atoms with E-state index in [1.54, 1.807) is 36.4 Å². The van der Waals surface area contributed by atoms with Gasteiger partial charge in [-0.25, -0.2) is 5.43 Å². The average Bonchev–Trinajstić information content (AvgIpc) is 3.18. The molecule has 9 nitrogen and oxygen atoms in total. The molecule has 28 heavy (non-hydrogen) atoms. The van der Waals surface area contributed by atoms with Crippen molar-refractivity contribution in [1.29, 1.82) is 0 Å². The molecule has 0 bridgehead atoms. The summed E-state index contributed by atoms with van der Waals surface area (Å²) >= 11 is 0. The quantitative estimate of drug-likeness (QED) is 0.354. The lowest BCUT2D eigenvalue weighted by Crippen LogP contribution is -2.37. The summed E-state index contributed by atoms with van der Waals surface area (Å²) in [4.78, 5) is 34.8. The number of carbonyl (C=O) groups is 3. The maximum Gasteiger partial charge on any atom is 0.329 e. The number of benzene rings is 1. The number of ether oxygens (including phenoxy) is 1. The Kier molecular flexibility index (Phi) is 7.77. The summed E-state index contributed by atoms with van der Waals surface area (Å²) in [6.45, 7) is 3.77. The molecular formula is C19H22N4O5. The second-order valence-corrected chi connectivity index (χ2v) is 6.04. The first-order valence-corrected chi connectivity index (χ1v) is 8.60. The Morgan fingerprint density at radius 1 is 1.14 bits per heavy atom. The highest BCUT2D eigenvalue weighted by atomic mass is 16.5. The monoisotopic (exact) mass is 386 g/mol. The highest BCUT2D eigenvalue weighted by Crippen LogP contribution is 2.10. The van der Waals surface area contributed by atoms with Gasteiger partial charge in [0.1, 0.15) is 11.5 Å². The van der Waals surface area contributed by atoms with E-state index in [2.05, 4.69) is 21.2 Å². The molecule has 148 valence electrons. The fourth-order valence-corrected chi connectivity index (χ4v) is 2.04. The highest BCUT2D eigenvalue weighted by Gasteiger charge is 2.12. The number of furan rings is 1. The van der Waals surface area contributed by atoms with Gasteiger partial charge in [0.25, 0.3) is 5.91 Å². The summed E-state index contributed by atoms with van der Waals surface area (Å²) in [6.07, 6.45) is 2.86. The SMILES string of the molecule is CC(C)NC(=O)COc1ccc(/C=N\NC(=O)C(=O)NCc2ccco2)cc1. The number of hydrogen-bond acceptors (Lipinski definition) is 6.